The average Bonchev–Trinajstić information content (AvgIpc) is 2.90. The van der Waals surface area contributed by atoms with Gasteiger partial charge in [-0.1, -0.05) is 55.8 Å². The Kier molecular flexibility index (Phi) is 12.0. The lowest BCUT2D eigenvalue weighted by Crippen LogP contribution is -2.49. The Bertz CT molecular complexity index is 800. The summed E-state index contributed by atoms with van der Waals surface area (Å²) in [5, 5.41) is 16.2. The lowest BCUT2D eigenvalue weighted by molar-refractivity contribution is -0.138. The maximum Gasteiger partial charge on any atom is 0.222 e. The zero-order valence-electron chi connectivity index (χ0n) is 22.8. The van der Waals surface area contributed by atoms with Gasteiger partial charge in [-0.25, -0.2) is 0 Å². The third kappa shape index (κ3) is 8.18. The molecule has 1 aromatic rings. The van der Waals surface area contributed by atoms with Crippen molar-refractivity contribution in [3.05, 3.63) is 34.9 Å². The van der Waals surface area contributed by atoms with Crippen LogP contribution < -0.4 is 5.32 Å². The molecule has 0 aromatic heterocycles. The summed E-state index contributed by atoms with van der Waals surface area (Å²) in [5.41, 5.74) is -0.136. The van der Waals surface area contributed by atoms with Gasteiger partial charge in [-0.15, -0.1) is 0 Å². The van der Waals surface area contributed by atoms with Crippen LogP contribution in [0.2, 0.25) is 5.02 Å². The predicted molar refractivity (Wildman–Crippen MR) is 148 cm³/mol. The van der Waals surface area contributed by atoms with Crippen LogP contribution in [0.25, 0.3) is 0 Å². The van der Waals surface area contributed by atoms with E-state index in [2.05, 4.69) is 12.2 Å². The minimum absolute atomic E-state index is 0.00488. The molecule has 1 saturated heterocycles. The van der Waals surface area contributed by atoms with Crippen LogP contribution in [-0.2, 0) is 15.1 Å². The van der Waals surface area contributed by atoms with Gasteiger partial charge in [0.15, 0.2) is 0 Å². The molecule has 0 bridgehead atoms. The number of halogens is 1. The van der Waals surface area contributed by atoms with E-state index >= 15 is 0 Å². The Morgan fingerprint density at radius 3 is 2.69 bits per heavy atom. The minimum Gasteiger partial charge on any atom is -0.385 e. The third-order valence-electron chi connectivity index (χ3n) is 8.89. The largest absolute Gasteiger partial charge is 0.385 e. The average molecular weight is 521 g/mol. The number of hydrogen-bond acceptors (Lipinski definition) is 4. The number of unbranched alkanes of at least 4 members (excludes halogenated alkanes) is 1. The van der Waals surface area contributed by atoms with Gasteiger partial charge in [0.05, 0.1) is 5.60 Å². The van der Waals surface area contributed by atoms with Gasteiger partial charge in [0.25, 0.3) is 0 Å². The van der Waals surface area contributed by atoms with Gasteiger partial charge in [0, 0.05) is 50.2 Å². The molecule has 1 amide bonds. The summed E-state index contributed by atoms with van der Waals surface area (Å²) in [7, 11) is 3.72. The van der Waals surface area contributed by atoms with Crippen molar-refractivity contribution in [2.75, 3.05) is 33.9 Å². The summed E-state index contributed by atoms with van der Waals surface area (Å²) in [6, 6.07) is 7.97. The SMILES string of the molecule is CN[C@H](C)[C@@H](CC(=O)N1CCC[C@@H]([C@@](O)(CCCCOC)c2cccc(Cl)c2)C1)CC1CCCCC1. The first-order valence-corrected chi connectivity index (χ1v) is 14.7. The molecule has 1 aromatic carbocycles. The maximum absolute atomic E-state index is 13.6. The lowest BCUT2D eigenvalue weighted by atomic mass is 9.74. The molecule has 1 aliphatic heterocycles. The topological polar surface area (TPSA) is 61.8 Å². The first kappa shape index (κ1) is 29.4. The molecule has 1 saturated carbocycles. The number of hydrogen-bond donors (Lipinski definition) is 2. The fourth-order valence-corrected chi connectivity index (χ4v) is 6.67. The minimum atomic E-state index is -1.00. The first-order valence-electron chi connectivity index (χ1n) is 14.3. The second-order valence-electron chi connectivity index (χ2n) is 11.3. The molecule has 204 valence electrons. The number of methoxy groups -OCH3 is 1. The van der Waals surface area contributed by atoms with E-state index in [0.717, 1.165) is 50.1 Å². The molecule has 5 nitrogen and oxygen atoms in total. The Hall–Kier alpha value is -1.14. The third-order valence-corrected chi connectivity index (χ3v) is 9.13. The Morgan fingerprint density at radius 1 is 1.22 bits per heavy atom. The molecule has 1 heterocycles. The molecule has 2 fully saturated rings. The number of nitrogens with one attached hydrogen (secondary N) is 1. The van der Waals surface area contributed by atoms with Gasteiger partial charge < -0.3 is 20.1 Å². The van der Waals surface area contributed by atoms with Crippen molar-refractivity contribution < 1.29 is 14.6 Å². The van der Waals surface area contributed by atoms with E-state index in [9.17, 15) is 9.90 Å². The highest BCUT2D eigenvalue weighted by Crippen LogP contribution is 2.41. The second kappa shape index (κ2) is 14.7. The van der Waals surface area contributed by atoms with Crippen molar-refractivity contribution in [1.82, 2.24) is 10.2 Å². The van der Waals surface area contributed by atoms with Gasteiger partial charge in [0.2, 0.25) is 5.91 Å². The Balaban J connectivity index is 1.70. The number of carbonyl (C=O) groups is 1. The molecule has 3 rings (SSSR count). The van der Waals surface area contributed by atoms with Crippen LogP contribution in [0.3, 0.4) is 0 Å². The van der Waals surface area contributed by atoms with Crippen molar-refractivity contribution in [1.29, 1.82) is 0 Å². The van der Waals surface area contributed by atoms with Gasteiger partial charge >= 0.3 is 0 Å². The Labute approximate surface area is 224 Å². The molecule has 36 heavy (non-hydrogen) atoms. The van der Waals surface area contributed by atoms with E-state index in [0.29, 0.717) is 43.0 Å². The molecule has 1 aliphatic carbocycles. The quantitative estimate of drug-likeness (QED) is 0.305. The fourth-order valence-electron chi connectivity index (χ4n) is 6.48. The molecule has 0 radical (unpaired) electrons. The highest BCUT2D eigenvalue weighted by molar-refractivity contribution is 6.30. The number of nitrogens with zero attached hydrogens (tertiary/aromatic N) is 1. The van der Waals surface area contributed by atoms with Crippen LogP contribution >= 0.6 is 11.6 Å². The second-order valence-corrected chi connectivity index (χ2v) is 11.8. The summed E-state index contributed by atoms with van der Waals surface area (Å²) >= 11 is 6.33. The van der Waals surface area contributed by atoms with E-state index in [1.807, 2.05) is 36.2 Å². The molecule has 0 unspecified atom stereocenters. The van der Waals surface area contributed by atoms with Crippen LogP contribution in [0, 0.1) is 17.8 Å². The number of piperidine rings is 1. The molecule has 0 spiro atoms. The van der Waals surface area contributed by atoms with Gasteiger partial charge in [-0.3, -0.25) is 4.79 Å². The summed E-state index contributed by atoms with van der Waals surface area (Å²) < 4.78 is 5.23. The van der Waals surface area contributed by atoms with E-state index in [-0.39, 0.29) is 11.8 Å². The summed E-state index contributed by atoms with van der Waals surface area (Å²) in [6.45, 7) is 4.30. The van der Waals surface area contributed by atoms with Crippen LogP contribution in [0.15, 0.2) is 24.3 Å². The molecule has 2 aliphatic rings. The van der Waals surface area contributed by atoms with Crippen LogP contribution in [0.5, 0.6) is 0 Å². The number of carbonyl (C=O) groups excluding carboxylic acids is 1. The van der Waals surface area contributed by atoms with Crippen molar-refractivity contribution in [2.24, 2.45) is 17.8 Å². The fraction of sp³-hybridized carbons (Fsp3) is 0.767. The van der Waals surface area contributed by atoms with Crippen molar-refractivity contribution in [2.45, 2.75) is 95.6 Å². The standard InChI is InChI=1S/C30H49ClN2O3/c1-23(32-2)25(19-24-11-5-4-6-12-24)20-29(34)33-17-10-14-27(22-33)30(35,16-7-8-18-36-3)26-13-9-15-28(31)21-26/h9,13,15,21,23-25,27,32,35H,4-8,10-12,14,16-20,22H2,1-3H3/t23-,25-,27-,30-/m1/s1. The normalized spacial score (nSPS) is 22.7. The van der Waals surface area contributed by atoms with Crippen LogP contribution in [0.4, 0.5) is 0 Å². The number of benzene rings is 1. The zero-order chi connectivity index (χ0) is 26.0. The summed E-state index contributed by atoms with van der Waals surface area (Å²) in [4.78, 5) is 15.6. The highest BCUT2D eigenvalue weighted by atomic mass is 35.5. The zero-order valence-corrected chi connectivity index (χ0v) is 23.6. The predicted octanol–water partition coefficient (Wildman–Crippen LogP) is 6.17. The van der Waals surface area contributed by atoms with Crippen molar-refractivity contribution in [3.63, 3.8) is 0 Å². The molecular formula is C30H49ClN2O3. The summed E-state index contributed by atoms with van der Waals surface area (Å²) in [5.74, 6) is 1.35. The molecule has 6 heteroatoms. The van der Waals surface area contributed by atoms with Gasteiger partial charge in [-0.05, 0) is 82.0 Å². The van der Waals surface area contributed by atoms with E-state index < -0.39 is 5.60 Å². The first-order chi connectivity index (χ1) is 17.4. The van der Waals surface area contributed by atoms with Crippen LogP contribution in [0.1, 0.15) is 89.5 Å². The number of rotatable bonds is 13. The van der Waals surface area contributed by atoms with E-state index in [1.54, 1.807) is 7.11 Å². The maximum atomic E-state index is 13.6. The molecule has 4 atom stereocenters. The van der Waals surface area contributed by atoms with Gasteiger partial charge in [-0.2, -0.15) is 0 Å². The number of aliphatic hydroxyl groups is 1. The van der Waals surface area contributed by atoms with Gasteiger partial charge in [0.1, 0.15) is 0 Å². The van der Waals surface area contributed by atoms with E-state index in [1.165, 1.54) is 32.1 Å². The highest BCUT2D eigenvalue weighted by Gasteiger charge is 2.41. The van der Waals surface area contributed by atoms with Crippen molar-refractivity contribution in [3.8, 4) is 0 Å². The van der Waals surface area contributed by atoms with Crippen molar-refractivity contribution >= 4 is 17.5 Å². The number of amides is 1. The monoisotopic (exact) mass is 520 g/mol. The Morgan fingerprint density at radius 2 is 2.00 bits per heavy atom. The molecular weight excluding hydrogens is 472 g/mol. The number of likely N-dealkylation sites (tertiary alicyclic amines) is 1. The smallest absolute Gasteiger partial charge is 0.222 e. The lowest BCUT2D eigenvalue weighted by Gasteiger charge is -2.43. The van der Waals surface area contributed by atoms with Crippen LogP contribution in [-0.4, -0.2) is 55.8 Å². The summed E-state index contributed by atoms with van der Waals surface area (Å²) in [6.07, 6.45) is 12.6. The number of ether oxygens (including phenoxy) is 1. The van der Waals surface area contributed by atoms with E-state index in [4.69, 9.17) is 16.3 Å². The molecule has 2 N–H and O–H groups in total.